The van der Waals surface area contributed by atoms with E-state index in [2.05, 4.69) is 0 Å². The third kappa shape index (κ3) is 6.63. The van der Waals surface area contributed by atoms with Gasteiger partial charge in [-0.15, -0.1) is 0 Å². The van der Waals surface area contributed by atoms with E-state index in [4.69, 9.17) is 14.5 Å². The molecule has 0 bridgehead atoms. The number of ketones is 1. The van der Waals surface area contributed by atoms with Gasteiger partial charge in [0.25, 0.3) is 0 Å². The zero-order chi connectivity index (χ0) is 28.6. The zero-order valence-corrected chi connectivity index (χ0v) is 21.4. The van der Waals surface area contributed by atoms with Crippen LogP contribution in [0.15, 0.2) is 84.9 Å². The van der Waals surface area contributed by atoms with E-state index in [0.717, 1.165) is 5.56 Å². The molecule has 4 aromatic carbocycles. The van der Waals surface area contributed by atoms with Crippen molar-refractivity contribution in [1.82, 2.24) is 0 Å². The fourth-order valence-corrected chi connectivity index (χ4v) is 3.98. The molecule has 0 fully saturated rings. The standard InChI is InChI=1S/C31H25FO8/c1-2-19-17-26(20-10-12-22(32)13-11-20)27(33)18-28(19)38-15-14-29(34)40-39-23-7-5-6-21(16-23)30(35)24-8-3-4-9-25(24)31(36)37/h3-13,16-18,33H,2,14-15H2,1H3,(H,36,37). The van der Waals surface area contributed by atoms with E-state index < -0.39 is 17.7 Å². The zero-order valence-electron chi connectivity index (χ0n) is 21.4. The van der Waals surface area contributed by atoms with Gasteiger partial charge in [0.05, 0.1) is 18.6 Å². The topological polar surface area (TPSA) is 119 Å². The van der Waals surface area contributed by atoms with Gasteiger partial charge in [0.2, 0.25) is 0 Å². The van der Waals surface area contributed by atoms with Crippen LogP contribution in [0.25, 0.3) is 11.1 Å². The van der Waals surface area contributed by atoms with Crippen LogP contribution in [0, 0.1) is 5.82 Å². The minimum Gasteiger partial charge on any atom is -0.507 e. The van der Waals surface area contributed by atoms with Crippen LogP contribution in [0.5, 0.6) is 17.2 Å². The van der Waals surface area contributed by atoms with E-state index >= 15 is 0 Å². The van der Waals surface area contributed by atoms with Crippen LogP contribution in [-0.4, -0.2) is 34.5 Å². The Labute approximate surface area is 229 Å². The number of aromatic carboxylic acids is 1. The van der Waals surface area contributed by atoms with E-state index in [-0.39, 0.29) is 47.0 Å². The van der Waals surface area contributed by atoms with Crippen LogP contribution < -0.4 is 9.62 Å². The second-order valence-corrected chi connectivity index (χ2v) is 8.68. The molecule has 0 heterocycles. The molecule has 0 aliphatic carbocycles. The second-order valence-electron chi connectivity index (χ2n) is 8.68. The van der Waals surface area contributed by atoms with E-state index in [0.29, 0.717) is 23.3 Å². The van der Waals surface area contributed by atoms with Gasteiger partial charge in [-0.05, 0) is 53.9 Å². The van der Waals surface area contributed by atoms with Gasteiger partial charge in [0.15, 0.2) is 11.5 Å². The van der Waals surface area contributed by atoms with Gasteiger partial charge in [-0.2, -0.15) is 0 Å². The molecule has 0 aliphatic heterocycles. The molecule has 0 radical (unpaired) electrons. The maximum atomic E-state index is 13.3. The normalized spacial score (nSPS) is 10.6. The van der Waals surface area contributed by atoms with Crippen molar-refractivity contribution in [2.75, 3.05) is 6.61 Å². The number of carbonyl (C=O) groups excluding carboxylic acids is 2. The number of aromatic hydroxyl groups is 1. The smallest absolute Gasteiger partial charge is 0.358 e. The Morgan fingerprint density at radius 3 is 2.30 bits per heavy atom. The van der Waals surface area contributed by atoms with E-state index in [1.165, 1.54) is 60.7 Å². The number of phenolic OH excluding ortho intramolecular Hbond substituents is 1. The lowest BCUT2D eigenvalue weighted by atomic mass is 9.98. The molecule has 0 atom stereocenters. The highest BCUT2D eigenvalue weighted by Crippen LogP contribution is 2.36. The average molecular weight is 545 g/mol. The Balaban J connectivity index is 1.34. The van der Waals surface area contributed by atoms with E-state index in [1.807, 2.05) is 6.92 Å². The monoisotopic (exact) mass is 544 g/mol. The lowest BCUT2D eigenvalue weighted by Gasteiger charge is -2.14. The number of halogens is 1. The summed E-state index contributed by atoms with van der Waals surface area (Å²) in [4.78, 5) is 46.4. The number of carbonyl (C=O) groups is 3. The number of carboxylic acids is 1. The summed E-state index contributed by atoms with van der Waals surface area (Å²) in [7, 11) is 0. The quantitative estimate of drug-likeness (QED) is 0.134. The number of aryl methyl sites for hydroxylation is 1. The third-order valence-electron chi connectivity index (χ3n) is 6.01. The van der Waals surface area contributed by atoms with Crippen molar-refractivity contribution in [3.05, 3.63) is 113 Å². The largest absolute Gasteiger partial charge is 0.507 e. The fraction of sp³-hybridized carbons (Fsp3) is 0.129. The molecule has 0 saturated heterocycles. The predicted octanol–water partition coefficient (Wildman–Crippen LogP) is 6.00. The molecule has 4 rings (SSSR count). The van der Waals surface area contributed by atoms with Gasteiger partial charge in [-0.25, -0.2) is 14.0 Å². The van der Waals surface area contributed by atoms with Gasteiger partial charge in [0.1, 0.15) is 17.3 Å². The number of rotatable bonds is 11. The van der Waals surface area contributed by atoms with Crippen molar-refractivity contribution in [2.45, 2.75) is 19.8 Å². The molecule has 0 aliphatic rings. The second kappa shape index (κ2) is 12.6. The van der Waals surface area contributed by atoms with Crippen molar-refractivity contribution in [3.8, 4) is 28.4 Å². The lowest BCUT2D eigenvalue weighted by molar-refractivity contribution is -0.214. The summed E-state index contributed by atoms with van der Waals surface area (Å²) in [5.41, 5.74) is 2.01. The average Bonchev–Trinajstić information content (AvgIpc) is 2.96. The maximum absolute atomic E-state index is 13.3. The van der Waals surface area contributed by atoms with Gasteiger partial charge < -0.3 is 14.9 Å². The molecule has 0 spiro atoms. The molecular weight excluding hydrogens is 519 g/mol. The fourth-order valence-electron chi connectivity index (χ4n) is 3.98. The highest BCUT2D eigenvalue weighted by molar-refractivity contribution is 6.14. The first-order chi connectivity index (χ1) is 19.3. The summed E-state index contributed by atoms with van der Waals surface area (Å²) in [6.45, 7) is 1.85. The highest BCUT2D eigenvalue weighted by Gasteiger charge is 2.18. The summed E-state index contributed by atoms with van der Waals surface area (Å²) in [5, 5.41) is 19.8. The van der Waals surface area contributed by atoms with Crippen LogP contribution in [0.2, 0.25) is 0 Å². The molecular formula is C31H25FO8. The van der Waals surface area contributed by atoms with Gasteiger partial charge in [-0.1, -0.05) is 49.4 Å². The minimum absolute atomic E-state index is 0.0180. The molecule has 0 amide bonds. The SMILES string of the molecule is CCc1cc(-c2ccc(F)cc2)c(O)cc1OCCC(=O)OOc1cccc(C(=O)c2ccccc2C(=O)O)c1. The van der Waals surface area contributed by atoms with Crippen molar-refractivity contribution in [3.63, 3.8) is 0 Å². The first-order valence-electron chi connectivity index (χ1n) is 12.4. The van der Waals surface area contributed by atoms with Gasteiger partial charge in [0, 0.05) is 22.8 Å². The number of phenols is 1. The summed E-state index contributed by atoms with van der Waals surface area (Å²) in [5.74, 6) is -2.45. The predicted molar refractivity (Wildman–Crippen MR) is 143 cm³/mol. The van der Waals surface area contributed by atoms with Crippen molar-refractivity contribution < 1.29 is 43.5 Å². The van der Waals surface area contributed by atoms with Crippen molar-refractivity contribution in [1.29, 1.82) is 0 Å². The lowest BCUT2D eigenvalue weighted by Crippen LogP contribution is -2.13. The Bertz CT molecular complexity index is 1550. The summed E-state index contributed by atoms with van der Waals surface area (Å²) < 4.78 is 19.0. The molecule has 8 nitrogen and oxygen atoms in total. The maximum Gasteiger partial charge on any atom is 0.358 e. The Kier molecular flexibility index (Phi) is 8.75. The van der Waals surface area contributed by atoms with Gasteiger partial charge in [-0.3, -0.25) is 14.6 Å². The molecule has 0 aromatic heterocycles. The van der Waals surface area contributed by atoms with Crippen LogP contribution >= 0.6 is 0 Å². The third-order valence-corrected chi connectivity index (χ3v) is 6.01. The first kappa shape index (κ1) is 27.8. The van der Waals surface area contributed by atoms with Crippen LogP contribution in [0.1, 0.15) is 45.2 Å². The molecule has 2 N–H and O–H groups in total. The molecule has 204 valence electrons. The Morgan fingerprint density at radius 1 is 0.875 bits per heavy atom. The number of hydrogen-bond acceptors (Lipinski definition) is 7. The van der Waals surface area contributed by atoms with Crippen LogP contribution in [0.3, 0.4) is 0 Å². The summed E-state index contributed by atoms with van der Waals surface area (Å²) >= 11 is 0. The molecule has 40 heavy (non-hydrogen) atoms. The molecule has 0 saturated carbocycles. The Hall–Kier alpha value is -5.18. The number of benzene rings is 4. The van der Waals surface area contributed by atoms with Crippen LogP contribution in [0.4, 0.5) is 4.39 Å². The first-order valence-corrected chi connectivity index (χ1v) is 12.4. The summed E-state index contributed by atoms with van der Waals surface area (Å²) in [6.07, 6.45) is 0.414. The molecule has 0 unspecified atom stereocenters. The molecule has 9 heteroatoms. The van der Waals surface area contributed by atoms with Crippen LogP contribution in [-0.2, 0) is 16.1 Å². The number of hydrogen-bond donors (Lipinski definition) is 2. The van der Waals surface area contributed by atoms with Gasteiger partial charge >= 0.3 is 11.9 Å². The van der Waals surface area contributed by atoms with E-state index in [1.54, 1.807) is 24.3 Å². The summed E-state index contributed by atoms with van der Waals surface area (Å²) in [6, 6.07) is 20.6. The van der Waals surface area contributed by atoms with Crippen molar-refractivity contribution in [2.24, 2.45) is 0 Å². The number of carboxylic acid groups (broad SMARTS) is 1. The number of ether oxygens (including phenoxy) is 1. The van der Waals surface area contributed by atoms with Crippen molar-refractivity contribution >= 4 is 17.7 Å². The van der Waals surface area contributed by atoms with E-state index in [9.17, 15) is 29.0 Å². The highest BCUT2D eigenvalue weighted by atomic mass is 19.1. The minimum atomic E-state index is -1.22. The molecule has 4 aromatic rings. The Morgan fingerprint density at radius 2 is 1.60 bits per heavy atom.